The molecule has 2 heterocycles. The standard InChI is InChI=1S/C22H17N3O3S/c1-14(26)16-9-5-6-10-18(16)24-20(27)12-25-13-23-21-17(22(25)28)11-19(29-21)15-7-3-2-4-8-15/h2-11,13H,12H2,1H3,(H,24,27). The summed E-state index contributed by atoms with van der Waals surface area (Å²) in [6.45, 7) is 1.25. The van der Waals surface area contributed by atoms with Crippen molar-refractivity contribution in [3.63, 3.8) is 0 Å². The molecule has 7 heteroatoms. The van der Waals surface area contributed by atoms with Crippen LogP contribution >= 0.6 is 11.3 Å². The summed E-state index contributed by atoms with van der Waals surface area (Å²) in [7, 11) is 0. The number of para-hydroxylation sites is 1. The van der Waals surface area contributed by atoms with Crippen LogP contribution in [-0.4, -0.2) is 21.2 Å². The zero-order valence-electron chi connectivity index (χ0n) is 15.6. The minimum absolute atomic E-state index is 0.145. The van der Waals surface area contributed by atoms with Crippen molar-refractivity contribution in [1.29, 1.82) is 0 Å². The summed E-state index contributed by atoms with van der Waals surface area (Å²) >= 11 is 1.44. The second kappa shape index (κ2) is 7.81. The summed E-state index contributed by atoms with van der Waals surface area (Å²) in [4.78, 5) is 42.9. The normalized spacial score (nSPS) is 10.8. The summed E-state index contributed by atoms with van der Waals surface area (Å²) in [6.07, 6.45) is 1.38. The predicted molar refractivity (Wildman–Crippen MR) is 114 cm³/mol. The molecule has 4 rings (SSSR count). The highest BCUT2D eigenvalue weighted by atomic mass is 32.1. The highest BCUT2D eigenvalue weighted by molar-refractivity contribution is 7.21. The van der Waals surface area contributed by atoms with Crippen molar-refractivity contribution in [3.05, 3.63) is 82.9 Å². The third-order valence-corrected chi connectivity index (χ3v) is 5.56. The second-order valence-electron chi connectivity index (χ2n) is 6.52. The fraction of sp³-hybridized carbons (Fsp3) is 0.0909. The number of rotatable bonds is 5. The van der Waals surface area contributed by atoms with E-state index >= 15 is 0 Å². The van der Waals surface area contributed by atoms with Gasteiger partial charge >= 0.3 is 0 Å². The largest absolute Gasteiger partial charge is 0.324 e. The van der Waals surface area contributed by atoms with Crippen molar-refractivity contribution in [2.45, 2.75) is 13.5 Å². The molecule has 0 aliphatic rings. The van der Waals surface area contributed by atoms with E-state index in [0.29, 0.717) is 21.5 Å². The highest BCUT2D eigenvalue weighted by Gasteiger charge is 2.14. The van der Waals surface area contributed by atoms with Crippen LogP contribution in [0, 0.1) is 0 Å². The molecular weight excluding hydrogens is 386 g/mol. The van der Waals surface area contributed by atoms with Crippen molar-refractivity contribution in [2.75, 3.05) is 5.32 Å². The third kappa shape index (κ3) is 3.86. The van der Waals surface area contributed by atoms with Crippen LogP contribution in [0.3, 0.4) is 0 Å². The number of ketones is 1. The smallest absolute Gasteiger partial charge is 0.262 e. The number of aromatic nitrogens is 2. The molecule has 1 N–H and O–H groups in total. The van der Waals surface area contributed by atoms with Crippen LogP contribution in [0.2, 0.25) is 0 Å². The second-order valence-corrected chi connectivity index (χ2v) is 7.55. The zero-order chi connectivity index (χ0) is 20.4. The molecule has 0 aliphatic carbocycles. The number of nitrogens with one attached hydrogen (secondary N) is 1. The van der Waals surface area contributed by atoms with Crippen molar-refractivity contribution in [2.24, 2.45) is 0 Å². The number of fused-ring (bicyclic) bond motifs is 1. The molecular formula is C22H17N3O3S. The summed E-state index contributed by atoms with van der Waals surface area (Å²) < 4.78 is 1.27. The van der Waals surface area contributed by atoms with Gasteiger partial charge in [0.15, 0.2) is 5.78 Å². The molecule has 0 fully saturated rings. The molecule has 0 saturated carbocycles. The molecule has 29 heavy (non-hydrogen) atoms. The molecule has 6 nitrogen and oxygen atoms in total. The van der Waals surface area contributed by atoms with Gasteiger partial charge in [-0.15, -0.1) is 11.3 Å². The monoisotopic (exact) mass is 403 g/mol. The van der Waals surface area contributed by atoms with Crippen LogP contribution in [0.4, 0.5) is 5.69 Å². The number of hydrogen-bond acceptors (Lipinski definition) is 5. The number of nitrogens with zero attached hydrogens (tertiary/aromatic N) is 2. The maximum Gasteiger partial charge on any atom is 0.262 e. The Bertz CT molecular complexity index is 1280. The number of Topliss-reactive ketones (excluding diaryl/α,β-unsaturated/α-hetero) is 1. The first kappa shape index (κ1) is 18.8. The van der Waals surface area contributed by atoms with E-state index in [1.54, 1.807) is 24.3 Å². The Labute approximate surface area is 170 Å². The van der Waals surface area contributed by atoms with Crippen LogP contribution in [0.5, 0.6) is 0 Å². The van der Waals surface area contributed by atoms with E-state index in [-0.39, 0.29) is 17.9 Å². The van der Waals surface area contributed by atoms with E-state index in [9.17, 15) is 14.4 Å². The summed E-state index contributed by atoms with van der Waals surface area (Å²) in [5, 5.41) is 3.18. The maximum absolute atomic E-state index is 12.8. The van der Waals surface area contributed by atoms with Gasteiger partial charge in [0, 0.05) is 10.4 Å². The van der Waals surface area contributed by atoms with Crippen LogP contribution in [-0.2, 0) is 11.3 Å². The molecule has 0 spiro atoms. The van der Waals surface area contributed by atoms with E-state index < -0.39 is 5.91 Å². The Balaban J connectivity index is 1.60. The van der Waals surface area contributed by atoms with E-state index in [0.717, 1.165) is 10.4 Å². The van der Waals surface area contributed by atoms with Gasteiger partial charge in [-0.2, -0.15) is 0 Å². The van der Waals surface area contributed by atoms with Gasteiger partial charge in [-0.25, -0.2) is 4.98 Å². The average Bonchev–Trinajstić information content (AvgIpc) is 3.16. The van der Waals surface area contributed by atoms with E-state index in [4.69, 9.17) is 0 Å². The quantitative estimate of drug-likeness (QED) is 0.511. The number of thiophene rings is 1. The summed E-state index contributed by atoms with van der Waals surface area (Å²) in [5.41, 5.74) is 1.59. The van der Waals surface area contributed by atoms with Crippen LogP contribution < -0.4 is 10.9 Å². The zero-order valence-corrected chi connectivity index (χ0v) is 16.4. The number of hydrogen-bond donors (Lipinski definition) is 1. The average molecular weight is 403 g/mol. The molecule has 2 aromatic heterocycles. The molecule has 2 aromatic carbocycles. The first-order valence-electron chi connectivity index (χ1n) is 8.97. The predicted octanol–water partition coefficient (Wildman–Crippen LogP) is 3.97. The van der Waals surface area contributed by atoms with Crippen molar-refractivity contribution >= 4 is 38.9 Å². The van der Waals surface area contributed by atoms with Crippen molar-refractivity contribution in [3.8, 4) is 10.4 Å². The van der Waals surface area contributed by atoms with Crippen LogP contribution in [0.25, 0.3) is 20.7 Å². The fourth-order valence-corrected chi connectivity index (χ4v) is 4.06. The summed E-state index contributed by atoms with van der Waals surface area (Å²) in [6, 6.07) is 18.3. The lowest BCUT2D eigenvalue weighted by molar-refractivity contribution is -0.116. The highest BCUT2D eigenvalue weighted by Crippen LogP contribution is 2.30. The molecule has 4 aromatic rings. The Hall–Kier alpha value is -3.58. The van der Waals surface area contributed by atoms with Gasteiger partial charge in [-0.1, -0.05) is 42.5 Å². The lowest BCUT2D eigenvalue weighted by Crippen LogP contribution is -2.28. The molecule has 0 aliphatic heterocycles. The number of anilines is 1. The molecule has 144 valence electrons. The van der Waals surface area contributed by atoms with Gasteiger partial charge in [-0.05, 0) is 30.7 Å². The molecule has 0 unspecified atom stereocenters. The number of carbonyl (C=O) groups is 2. The Kier molecular flexibility index (Phi) is 5.05. The lowest BCUT2D eigenvalue weighted by Gasteiger charge is -2.10. The first-order chi connectivity index (χ1) is 14.0. The van der Waals surface area contributed by atoms with E-state index in [1.807, 2.05) is 36.4 Å². The fourth-order valence-electron chi connectivity index (χ4n) is 3.06. The lowest BCUT2D eigenvalue weighted by atomic mass is 10.1. The molecule has 0 bridgehead atoms. The third-order valence-electron chi connectivity index (χ3n) is 4.47. The van der Waals surface area contributed by atoms with Gasteiger partial charge in [-0.3, -0.25) is 19.0 Å². The Morgan fingerprint density at radius 2 is 1.79 bits per heavy atom. The summed E-state index contributed by atoms with van der Waals surface area (Å²) in [5.74, 6) is -0.548. The van der Waals surface area contributed by atoms with Crippen LogP contribution in [0.1, 0.15) is 17.3 Å². The van der Waals surface area contributed by atoms with Gasteiger partial charge < -0.3 is 5.32 Å². The van der Waals surface area contributed by atoms with Crippen molar-refractivity contribution in [1.82, 2.24) is 9.55 Å². The maximum atomic E-state index is 12.8. The number of carbonyl (C=O) groups excluding carboxylic acids is 2. The van der Waals surface area contributed by atoms with Crippen molar-refractivity contribution < 1.29 is 9.59 Å². The van der Waals surface area contributed by atoms with Gasteiger partial charge in [0.05, 0.1) is 17.4 Å². The minimum atomic E-state index is -0.402. The molecule has 0 saturated heterocycles. The molecule has 1 amide bonds. The van der Waals surface area contributed by atoms with Gasteiger partial charge in [0.1, 0.15) is 11.4 Å². The van der Waals surface area contributed by atoms with E-state index in [2.05, 4.69) is 10.3 Å². The topological polar surface area (TPSA) is 81.1 Å². The van der Waals surface area contributed by atoms with Crippen LogP contribution in [0.15, 0.2) is 71.8 Å². The number of benzene rings is 2. The Morgan fingerprint density at radius 3 is 2.55 bits per heavy atom. The van der Waals surface area contributed by atoms with Gasteiger partial charge in [0.25, 0.3) is 5.56 Å². The SMILES string of the molecule is CC(=O)c1ccccc1NC(=O)Cn1cnc2sc(-c3ccccc3)cc2c1=O. The minimum Gasteiger partial charge on any atom is -0.324 e. The van der Waals surface area contributed by atoms with E-state index in [1.165, 1.54) is 29.2 Å². The molecule has 0 atom stereocenters. The Morgan fingerprint density at radius 1 is 1.07 bits per heavy atom. The number of amides is 1. The van der Waals surface area contributed by atoms with Gasteiger partial charge in [0.2, 0.25) is 5.91 Å². The first-order valence-corrected chi connectivity index (χ1v) is 9.79. The molecule has 0 radical (unpaired) electrons.